The van der Waals surface area contributed by atoms with Crippen molar-refractivity contribution in [2.24, 2.45) is 0 Å². The maximum atomic E-state index is 12.2. The van der Waals surface area contributed by atoms with E-state index in [4.69, 9.17) is 4.74 Å². The van der Waals surface area contributed by atoms with Crippen molar-refractivity contribution in [3.05, 3.63) is 51.7 Å². The van der Waals surface area contributed by atoms with Gasteiger partial charge in [0.05, 0.1) is 24.1 Å². The minimum absolute atomic E-state index is 0.0795. The number of benzene rings is 1. The van der Waals surface area contributed by atoms with Crippen molar-refractivity contribution in [3.8, 4) is 16.3 Å². The van der Waals surface area contributed by atoms with E-state index in [1.54, 1.807) is 18.4 Å². The molecule has 0 unspecified atom stereocenters. The summed E-state index contributed by atoms with van der Waals surface area (Å²) in [6.07, 6.45) is 0.295. The number of anilines is 1. The quantitative estimate of drug-likeness (QED) is 0.720. The van der Waals surface area contributed by atoms with Gasteiger partial charge < -0.3 is 10.1 Å². The Bertz CT molecular complexity index is 868. The van der Waals surface area contributed by atoms with Gasteiger partial charge in [0.25, 0.3) is 0 Å². The highest BCUT2D eigenvalue weighted by Gasteiger charge is 2.11. The third-order valence-corrected chi connectivity index (χ3v) is 5.36. The Morgan fingerprint density at radius 3 is 2.79 bits per heavy atom. The summed E-state index contributed by atoms with van der Waals surface area (Å²) >= 11 is 3.14. The minimum atomic E-state index is -0.0795. The molecule has 0 saturated heterocycles. The first-order valence-corrected chi connectivity index (χ1v) is 9.20. The number of methoxy groups -OCH3 is 1. The molecule has 1 amide bonds. The van der Waals surface area contributed by atoms with Crippen LogP contribution in [0.25, 0.3) is 10.6 Å². The van der Waals surface area contributed by atoms with Crippen molar-refractivity contribution in [2.45, 2.75) is 20.3 Å². The van der Waals surface area contributed by atoms with Crippen LogP contribution < -0.4 is 10.1 Å². The molecule has 0 atom stereocenters. The number of aromatic nitrogens is 1. The van der Waals surface area contributed by atoms with Gasteiger partial charge >= 0.3 is 0 Å². The van der Waals surface area contributed by atoms with E-state index in [2.05, 4.69) is 29.4 Å². The van der Waals surface area contributed by atoms with Crippen LogP contribution in [0, 0.1) is 13.8 Å². The van der Waals surface area contributed by atoms with Crippen LogP contribution in [0.5, 0.6) is 5.75 Å². The van der Waals surface area contributed by atoms with Crippen molar-refractivity contribution in [1.29, 1.82) is 0 Å². The van der Waals surface area contributed by atoms with Crippen molar-refractivity contribution in [3.63, 3.8) is 0 Å². The number of nitrogens with zero attached hydrogens (tertiary/aromatic N) is 1. The molecular formula is C18H18N2O2S2. The van der Waals surface area contributed by atoms with Crippen LogP contribution in [0.1, 0.15) is 16.0 Å². The summed E-state index contributed by atoms with van der Waals surface area (Å²) in [6, 6.07) is 9.93. The predicted octanol–water partition coefficient (Wildman–Crippen LogP) is 4.68. The van der Waals surface area contributed by atoms with E-state index in [-0.39, 0.29) is 5.91 Å². The van der Waals surface area contributed by atoms with Crippen molar-refractivity contribution >= 4 is 33.7 Å². The molecule has 3 rings (SSSR count). The number of nitrogens with one attached hydrogen (secondary N) is 1. The summed E-state index contributed by atoms with van der Waals surface area (Å²) in [4.78, 5) is 19.1. The first kappa shape index (κ1) is 16.7. The van der Waals surface area contributed by atoms with Gasteiger partial charge in [-0.2, -0.15) is 0 Å². The summed E-state index contributed by atoms with van der Waals surface area (Å²) in [5.41, 5.74) is 2.88. The second-order valence-electron chi connectivity index (χ2n) is 5.48. The van der Waals surface area contributed by atoms with Gasteiger partial charge in [-0.05, 0) is 43.2 Å². The Hall–Kier alpha value is -2.18. The summed E-state index contributed by atoms with van der Waals surface area (Å²) in [6.45, 7) is 4.05. The molecule has 0 aliphatic rings. The van der Waals surface area contributed by atoms with Gasteiger partial charge in [0, 0.05) is 10.3 Å². The summed E-state index contributed by atoms with van der Waals surface area (Å²) in [7, 11) is 1.63. The fourth-order valence-electron chi connectivity index (χ4n) is 2.34. The zero-order valence-corrected chi connectivity index (χ0v) is 15.4. The number of thiophene rings is 1. The number of rotatable bonds is 5. The summed E-state index contributed by atoms with van der Waals surface area (Å²) in [5.74, 6) is 0.717. The first-order chi connectivity index (χ1) is 11.5. The average molecular weight is 358 g/mol. The Morgan fingerprint density at radius 2 is 2.08 bits per heavy atom. The molecule has 0 aliphatic carbocycles. The van der Waals surface area contributed by atoms with Crippen LogP contribution >= 0.6 is 22.7 Å². The lowest BCUT2D eigenvalue weighted by atomic mass is 10.1. The molecule has 0 radical (unpaired) electrons. The SMILES string of the molecule is COc1cc(CC(=O)Nc2nc(-c3ccc(C)s3)cs2)ccc1C. The van der Waals surface area contributed by atoms with Crippen LogP contribution in [0.3, 0.4) is 0 Å². The average Bonchev–Trinajstić information content (AvgIpc) is 3.18. The van der Waals surface area contributed by atoms with E-state index in [0.29, 0.717) is 11.6 Å². The molecule has 1 aromatic carbocycles. The highest BCUT2D eigenvalue weighted by molar-refractivity contribution is 7.17. The fraction of sp³-hybridized carbons (Fsp3) is 0.222. The number of hydrogen-bond acceptors (Lipinski definition) is 5. The standard InChI is InChI=1S/C18H18N2O2S2/c1-11-4-6-13(8-15(11)22-3)9-17(21)20-18-19-14(10-23-18)16-7-5-12(2)24-16/h4-8,10H,9H2,1-3H3,(H,19,20,21). The zero-order valence-electron chi connectivity index (χ0n) is 13.8. The van der Waals surface area contributed by atoms with Gasteiger partial charge in [-0.15, -0.1) is 22.7 Å². The molecule has 2 aromatic heterocycles. The number of thiazole rings is 1. The molecule has 0 fully saturated rings. The van der Waals surface area contributed by atoms with Crippen LogP contribution in [-0.2, 0) is 11.2 Å². The third-order valence-electron chi connectivity index (χ3n) is 3.58. The van der Waals surface area contributed by atoms with Gasteiger partial charge in [-0.25, -0.2) is 4.98 Å². The Balaban J connectivity index is 1.66. The third kappa shape index (κ3) is 3.83. The molecular weight excluding hydrogens is 340 g/mol. The molecule has 0 aliphatic heterocycles. The van der Waals surface area contributed by atoms with E-state index >= 15 is 0 Å². The van der Waals surface area contributed by atoms with Gasteiger partial charge in [0.15, 0.2) is 5.13 Å². The van der Waals surface area contributed by atoms with Gasteiger partial charge in [0.2, 0.25) is 5.91 Å². The van der Waals surface area contributed by atoms with Crippen LogP contribution in [0.2, 0.25) is 0 Å². The van der Waals surface area contributed by atoms with E-state index in [9.17, 15) is 4.79 Å². The van der Waals surface area contributed by atoms with E-state index < -0.39 is 0 Å². The lowest BCUT2D eigenvalue weighted by molar-refractivity contribution is -0.115. The predicted molar refractivity (Wildman–Crippen MR) is 100 cm³/mol. The number of ether oxygens (including phenoxy) is 1. The van der Waals surface area contributed by atoms with E-state index in [1.807, 2.05) is 30.5 Å². The molecule has 24 heavy (non-hydrogen) atoms. The van der Waals surface area contributed by atoms with Crippen LogP contribution in [0.15, 0.2) is 35.7 Å². The Morgan fingerprint density at radius 1 is 1.25 bits per heavy atom. The minimum Gasteiger partial charge on any atom is -0.496 e. The van der Waals surface area contributed by atoms with Gasteiger partial charge in [-0.1, -0.05) is 12.1 Å². The second-order valence-corrected chi connectivity index (χ2v) is 7.62. The smallest absolute Gasteiger partial charge is 0.230 e. The molecule has 2 heterocycles. The van der Waals surface area contributed by atoms with Gasteiger partial charge in [-0.3, -0.25) is 4.79 Å². The molecule has 0 spiro atoms. The molecule has 6 heteroatoms. The van der Waals surface area contributed by atoms with Crippen molar-refractivity contribution in [2.75, 3.05) is 12.4 Å². The lowest BCUT2D eigenvalue weighted by Gasteiger charge is -2.07. The highest BCUT2D eigenvalue weighted by atomic mass is 32.1. The number of carbonyl (C=O) groups is 1. The summed E-state index contributed by atoms with van der Waals surface area (Å²) < 4.78 is 5.30. The second kappa shape index (κ2) is 7.15. The zero-order chi connectivity index (χ0) is 17.1. The lowest BCUT2D eigenvalue weighted by Crippen LogP contribution is -2.14. The van der Waals surface area contributed by atoms with Crippen LogP contribution in [0.4, 0.5) is 5.13 Å². The van der Waals surface area contributed by atoms with Crippen molar-refractivity contribution < 1.29 is 9.53 Å². The molecule has 1 N–H and O–H groups in total. The molecule has 124 valence electrons. The van der Waals surface area contributed by atoms with E-state index in [0.717, 1.165) is 27.4 Å². The highest BCUT2D eigenvalue weighted by Crippen LogP contribution is 2.30. The molecule has 3 aromatic rings. The number of hydrogen-bond donors (Lipinski definition) is 1. The van der Waals surface area contributed by atoms with Gasteiger partial charge in [0.1, 0.15) is 5.75 Å². The maximum absolute atomic E-state index is 12.2. The molecule has 4 nitrogen and oxygen atoms in total. The topological polar surface area (TPSA) is 51.2 Å². The fourth-order valence-corrected chi connectivity index (χ4v) is 3.97. The largest absolute Gasteiger partial charge is 0.496 e. The number of carbonyl (C=O) groups excluding carboxylic acids is 1. The molecule has 0 saturated carbocycles. The van der Waals surface area contributed by atoms with Crippen molar-refractivity contribution in [1.82, 2.24) is 4.98 Å². The number of aryl methyl sites for hydroxylation is 2. The normalized spacial score (nSPS) is 10.6. The Labute approximate surface area is 149 Å². The van der Waals surface area contributed by atoms with E-state index in [1.165, 1.54) is 16.2 Å². The molecule has 0 bridgehead atoms. The number of amides is 1. The maximum Gasteiger partial charge on any atom is 0.230 e. The Kier molecular flexibility index (Phi) is 4.97. The summed E-state index contributed by atoms with van der Waals surface area (Å²) in [5, 5.41) is 5.46. The monoisotopic (exact) mass is 358 g/mol. The van der Waals surface area contributed by atoms with Crippen LogP contribution in [-0.4, -0.2) is 18.0 Å². The first-order valence-electron chi connectivity index (χ1n) is 7.51.